The van der Waals surface area contributed by atoms with Gasteiger partial charge in [0.25, 0.3) is 5.56 Å². The van der Waals surface area contributed by atoms with E-state index in [0.717, 1.165) is 17.3 Å². The summed E-state index contributed by atoms with van der Waals surface area (Å²) in [5.74, 6) is -0.146. The van der Waals surface area contributed by atoms with Gasteiger partial charge in [-0.1, -0.05) is 0 Å². The minimum atomic E-state index is -0.329. The summed E-state index contributed by atoms with van der Waals surface area (Å²) < 4.78 is 1.34. The average Bonchev–Trinajstić information content (AvgIpc) is 2.45. The van der Waals surface area contributed by atoms with Crippen molar-refractivity contribution in [3.63, 3.8) is 0 Å². The predicted octanol–water partition coefficient (Wildman–Crippen LogP) is 0.0982. The van der Waals surface area contributed by atoms with E-state index in [1.54, 1.807) is 0 Å². The van der Waals surface area contributed by atoms with Gasteiger partial charge in [0.2, 0.25) is 5.88 Å². The molecule has 0 atom stereocenters. The van der Waals surface area contributed by atoms with Gasteiger partial charge in [-0.2, -0.15) is 9.61 Å². The third-order valence-corrected chi connectivity index (χ3v) is 2.38. The van der Waals surface area contributed by atoms with E-state index in [1.807, 2.05) is 25.9 Å². The first-order valence-electron chi connectivity index (χ1n) is 4.94. The fraction of sp³-hybridized carbons (Fsp3) is 0.400. The second-order valence-electron chi connectivity index (χ2n) is 4.05. The Morgan fingerprint density at radius 3 is 2.88 bits per heavy atom. The van der Waals surface area contributed by atoms with Crippen molar-refractivity contribution < 1.29 is 5.11 Å². The summed E-state index contributed by atoms with van der Waals surface area (Å²) in [6.07, 6.45) is 0. The van der Waals surface area contributed by atoms with Crippen LogP contribution in [0.2, 0.25) is 0 Å². The maximum absolute atomic E-state index is 11.3. The number of aromatic nitrogens is 3. The molecular formula is C10H14N4O2. The molecule has 0 aliphatic heterocycles. The van der Waals surface area contributed by atoms with Crippen molar-refractivity contribution in [1.82, 2.24) is 19.5 Å². The van der Waals surface area contributed by atoms with Gasteiger partial charge in [0.15, 0.2) is 0 Å². The fourth-order valence-electron chi connectivity index (χ4n) is 1.69. The Labute approximate surface area is 92.1 Å². The Morgan fingerprint density at radius 2 is 2.25 bits per heavy atom. The number of aromatic hydroxyl groups is 1. The lowest BCUT2D eigenvalue weighted by Gasteiger charge is -2.08. The van der Waals surface area contributed by atoms with Crippen molar-refractivity contribution >= 4 is 5.65 Å². The van der Waals surface area contributed by atoms with Gasteiger partial charge in [0.05, 0.1) is 11.8 Å². The molecule has 0 unspecified atom stereocenters. The van der Waals surface area contributed by atoms with Crippen LogP contribution in [0.5, 0.6) is 5.88 Å². The Morgan fingerprint density at radius 1 is 1.56 bits per heavy atom. The molecule has 0 amide bonds. The summed E-state index contributed by atoms with van der Waals surface area (Å²) in [6.45, 7) is 2.51. The van der Waals surface area contributed by atoms with Gasteiger partial charge in [-0.25, -0.2) is 0 Å². The highest BCUT2D eigenvalue weighted by atomic mass is 16.3. The number of H-pyrrole nitrogens is 1. The number of aryl methyl sites for hydroxylation is 1. The monoisotopic (exact) mass is 222 g/mol. The molecule has 0 aromatic carbocycles. The van der Waals surface area contributed by atoms with Crippen LogP contribution in [0.3, 0.4) is 0 Å². The largest absolute Gasteiger partial charge is 0.493 e. The van der Waals surface area contributed by atoms with Crippen LogP contribution in [0.15, 0.2) is 10.9 Å². The lowest BCUT2D eigenvalue weighted by atomic mass is 10.2. The van der Waals surface area contributed by atoms with Crippen molar-refractivity contribution in [2.75, 3.05) is 14.1 Å². The Bertz CT molecular complexity index is 582. The molecule has 2 aromatic rings. The molecule has 0 fully saturated rings. The number of rotatable bonds is 2. The molecule has 6 heteroatoms. The van der Waals surface area contributed by atoms with E-state index in [1.165, 1.54) is 4.52 Å². The van der Waals surface area contributed by atoms with Gasteiger partial charge in [0.1, 0.15) is 5.65 Å². The predicted molar refractivity (Wildman–Crippen MR) is 59.6 cm³/mol. The quantitative estimate of drug-likeness (QED) is 0.755. The third kappa shape index (κ3) is 1.67. The van der Waals surface area contributed by atoms with Crippen molar-refractivity contribution in [3.8, 4) is 5.88 Å². The second kappa shape index (κ2) is 3.64. The first-order valence-corrected chi connectivity index (χ1v) is 4.94. The molecule has 0 aliphatic carbocycles. The zero-order chi connectivity index (χ0) is 11.9. The molecule has 0 saturated carbocycles. The molecule has 2 aromatic heterocycles. The average molecular weight is 222 g/mol. The van der Waals surface area contributed by atoms with E-state index in [0.29, 0.717) is 12.2 Å². The second-order valence-corrected chi connectivity index (χ2v) is 4.05. The van der Waals surface area contributed by atoms with Crippen LogP contribution in [0.1, 0.15) is 11.3 Å². The Hall–Kier alpha value is -1.82. The smallest absolute Gasteiger partial charge is 0.254 e. The molecule has 2 rings (SSSR count). The first-order chi connectivity index (χ1) is 7.49. The Balaban J connectivity index is 2.73. The van der Waals surface area contributed by atoms with Crippen LogP contribution < -0.4 is 5.56 Å². The van der Waals surface area contributed by atoms with Gasteiger partial charge in [-0.15, -0.1) is 0 Å². The molecule has 2 N–H and O–H groups in total. The molecule has 6 nitrogen and oxygen atoms in total. The van der Waals surface area contributed by atoms with Crippen molar-refractivity contribution in [2.45, 2.75) is 13.5 Å². The van der Waals surface area contributed by atoms with Gasteiger partial charge in [-0.3, -0.25) is 4.79 Å². The SMILES string of the molecule is Cc1nn2c(O)cc(=O)[nH]c2c1CN(C)C. The molecule has 0 bridgehead atoms. The Kier molecular flexibility index (Phi) is 2.43. The normalized spacial score (nSPS) is 11.5. The van der Waals surface area contributed by atoms with Crippen molar-refractivity contribution in [3.05, 3.63) is 27.7 Å². The highest BCUT2D eigenvalue weighted by Crippen LogP contribution is 2.17. The van der Waals surface area contributed by atoms with E-state index in [-0.39, 0.29) is 11.4 Å². The highest BCUT2D eigenvalue weighted by Gasteiger charge is 2.13. The van der Waals surface area contributed by atoms with Crippen LogP contribution >= 0.6 is 0 Å². The van der Waals surface area contributed by atoms with Crippen molar-refractivity contribution in [1.29, 1.82) is 0 Å². The molecule has 0 aliphatic rings. The number of aromatic amines is 1. The number of hydrogen-bond donors (Lipinski definition) is 2. The first kappa shape index (κ1) is 10.7. The van der Waals surface area contributed by atoms with Gasteiger partial charge < -0.3 is 15.0 Å². The molecule has 0 spiro atoms. The molecule has 2 heterocycles. The number of hydrogen-bond acceptors (Lipinski definition) is 4. The van der Waals surface area contributed by atoms with E-state index in [4.69, 9.17) is 0 Å². The van der Waals surface area contributed by atoms with Gasteiger partial charge in [-0.05, 0) is 21.0 Å². The fourth-order valence-corrected chi connectivity index (χ4v) is 1.69. The minimum Gasteiger partial charge on any atom is -0.493 e. The summed E-state index contributed by atoms with van der Waals surface area (Å²) >= 11 is 0. The summed E-state index contributed by atoms with van der Waals surface area (Å²) in [4.78, 5) is 15.9. The summed E-state index contributed by atoms with van der Waals surface area (Å²) in [5, 5.41) is 13.8. The number of nitrogens with one attached hydrogen (secondary N) is 1. The third-order valence-electron chi connectivity index (χ3n) is 2.38. The zero-order valence-electron chi connectivity index (χ0n) is 9.48. The maximum atomic E-state index is 11.3. The van der Waals surface area contributed by atoms with Crippen LogP contribution in [0.4, 0.5) is 0 Å². The topological polar surface area (TPSA) is 73.6 Å². The van der Waals surface area contributed by atoms with E-state index in [2.05, 4.69) is 10.1 Å². The standard InChI is InChI=1S/C10H14N4O2/c1-6-7(5-13(2)3)10-11-8(15)4-9(16)14(10)12-6/h4,16H,5H2,1-3H3,(H,11,15). The lowest BCUT2D eigenvalue weighted by Crippen LogP contribution is -2.13. The van der Waals surface area contributed by atoms with Gasteiger partial charge >= 0.3 is 0 Å². The minimum absolute atomic E-state index is 0.146. The number of nitrogens with zero attached hydrogens (tertiary/aromatic N) is 3. The van der Waals surface area contributed by atoms with Crippen LogP contribution in [-0.2, 0) is 6.54 Å². The molecule has 0 radical (unpaired) electrons. The molecule has 86 valence electrons. The van der Waals surface area contributed by atoms with Crippen LogP contribution in [0.25, 0.3) is 5.65 Å². The molecular weight excluding hydrogens is 208 g/mol. The van der Waals surface area contributed by atoms with E-state index in [9.17, 15) is 9.90 Å². The molecule has 16 heavy (non-hydrogen) atoms. The highest BCUT2D eigenvalue weighted by molar-refractivity contribution is 5.51. The summed E-state index contributed by atoms with van der Waals surface area (Å²) in [6, 6.07) is 1.11. The maximum Gasteiger partial charge on any atom is 0.254 e. The van der Waals surface area contributed by atoms with Gasteiger partial charge in [0, 0.05) is 12.1 Å². The zero-order valence-corrected chi connectivity index (χ0v) is 9.48. The molecule has 0 saturated heterocycles. The van der Waals surface area contributed by atoms with Crippen LogP contribution in [-0.4, -0.2) is 38.7 Å². The lowest BCUT2D eigenvalue weighted by molar-refractivity contribution is 0.402. The summed E-state index contributed by atoms with van der Waals surface area (Å²) in [5.41, 5.74) is 1.94. The summed E-state index contributed by atoms with van der Waals surface area (Å²) in [7, 11) is 3.87. The van der Waals surface area contributed by atoms with E-state index < -0.39 is 0 Å². The van der Waals surface area contributed by atoms with Crippen LogP contribution in [0, 0.1) is 6.92 Å². The van der Waals surface area contributed by atoms with Crippen molar-refractivity contribution in [2.24, 2.45) is 0 Å². The number of fused-ring (bicyclic) bond motifs is 1. The van der Waals surface area contributed by atoms with E-state index >= 15 is 0 Å².